The third kappa shape index (κ3) is 4.27. The third-order valence-corrected chi connectivity index (χ3v) is 6.55. The highest BCUT2D eigenvalue weighted by Gasteiger charge is 2.26. The number of tetrazole rings is 1. The zero-order valence-corrected chi connectivity index (χ0v) is 17.1. The van der Waals surface area contributed by atoms with E-state index in [1.54, 1.807) is 42.7 Å². The molecule has 0 aliphatic rings. The minimum absolute atomic E-state index is 0.174. The van der Waals surface area contributed by atoms with Crippen molar-refractivity contribution in [2.45, 2.75) is 24.9 Å². The summed E-state index contributed by atoms with van der Waals surface area (Å²) in [6.07, 6.45) is 4.77. The Kier molecular flexibility index (Phi) is 5.64. The van der Waals surface area contributed by atoms with Crippen LogP contribution in [0, 0.1) is 6.92 Å². The van der Waals surface area contributed by atoms with Gasteiger partial charge in [0.15, 0.2) is 0 Å². The molecule has 0 atom stereocenters. The maximum Gasteiger partial charge on any atom is 0.243 e. The van der Waals surface area contributed by atoms with Gasteiger partial charge in [0, 0.05) is 25.5 Å². The van der Waals surface area contributed by atoms with E-state index in [1.165, 1.54) is 15.3 Å². The van der Waals surface area contributed by atoms with Crippen molar-refractivity contribution >= 4 is 10.0 Å². The molecule has 0 saturated heterocycles. The lowest BCUT2D eigenvalue weighted by molar-refractivity contribution is 0.400. The summed E-state index contributed by atoms with van der Waals surface area (Å²) in [7, 11) is -3.80. The van der Waals surface area contributed by atoms with E-state index in [-0.39, 0.29) is 18.0 Å². The Hall–Kier alpha value is -3.43. The summed E-state index contributed by atoms with van der Waals surface area (Å²) < 4.78 is 30.1. The highest BCUT2D eigenvalue weighted by atomic mass is 32.2. The van der Waals surface area contributed by atoms with Crippen LogP contribution in [0.25, 0.3) is 5.69 Å². The normalized spacial score (nSPS) is 11.7. The molecule has 0 radical (unpaired) electrons. The first-order valence-corrected chi connectivity index (χ1v) is 10.7. The van der Waals surface area contributed by atoms with Crippen LogP contribution in [-0.2, 0) is 23.1 Å². The Morgan fingerprint density at radius 3 is 2.60 bits per heavy atom. The number of pyridine rings is 1. The summed E-state index contributed by atoms with van der Waals surface area (Å²) >= 11 is 0. The number of rotatable bonds is 7. The van der Waals surface area contributed by atoms with Gasteiger partial charge in [-0.1, -0.05) is 36.4 Å². The number of nitrogens with zero attached hydrogens (tertiary/aromatic N) is 6. The van der Waals surface area contributed by atoms with Crippen molar-refractivity contribution in [1.82, 2.24) is 29.5 Å². The zero-order chi connectivity index (χ0) is 21.0. The largest absolute Gasteiger partial charge is 0.264 e. The second kappa shape index (κ2) is 8.52. The Balaban J connectivity index is 1.73. The van der Waals surface area contributed by atoms with Crippen molar-refractivity contribution in [3.63, 3.8) is 0 Å². The molecule has 152 valence electrons. The fourth-order valence-electron chi connectivity index (χ4n) is 3.11. The van der Waals surface area contributed by atoms with Crippen LogP contribution in [0.3, 0.4) is 0 Å². The molecule has 0 amide bonds. The quantitative estimate of drug-likeness (QED) is 0.456. The van der Waals surface area contributed by atoms with Crippen LogP contribution in [0.5, 0.6) is 0 Å². The molecule has 0 aliphatic carbocycles. The molecular weight excluding hydrogens is 400 g/mol. The van der Waals surface area contributed by atoms with E-state index < -0.39 is 10.0 Å². The SMILES string of the molecule is Cc1ccccc1CN(Cc1cccnc1)S(=O)(=O)c1cccc(-n2cnnn2)c1. The summed E-state index contributed by atoms with van der Waals surface area (Å²) in [6.45, 7) is 2.43. The van der Waals surface area contributed by atoms with E-state index in [1.807, 2.05) is 37.3 Å². The molecule has 0 spiro atoms. The molecule has 0 N–H and O–H groups in total. The monoisotopic (exact) mass is 420 g/mol. The van der Waals surface area contributed by atoms with Gasteiger partial charge >= 0.3 is 0 Å². The lowest BCUT2D eigenvalue weighted by Crippen LogP contribution is -2.30. The minimum atomic E-state index is -3.80. The highest BCUT2D eigenvalue weighted by Crippen LogP contribution is 2.23. The van der Waals surface area contributed by atoms with E-state index in [0.717, 1.165) is 16.7 Å². The summed E-state index contributed by atoms with van der Waals surface area (Å²) in [5.74, 6) is 0. The van der Waals surface area contributed by atoms with Gasteiger partial charge in [0.05, 0.1) is 10.6 Å². The van der Waals surface area contributed by atoms with Crippen molar-refractivity contribution in [2.24, 2.45) is 0 Å². The van der Waals surface area contributed by atoms with Gasteiger partial charge < -0.3 is 0 Å². The number of aromatic nitrogens is 5. The molecule has 4 aromatic rings. The maximum atomic E-state index is 13.6. The van der Waals surface area contributed by atoms with Gasteiger partial charge in [-0.15, -0.1) is 5.10 Å². The van der Waals surface area contributed by atoms with Crippen molar-refractivity contribution in [3.8, 4) is 5.69 Å². The standard InChI is InChI=1S/C21H20N6O2S/c1-17-6-2-3-8-19(17)15-26(14-18-7-5-11-22-13-18)30(28,29)21-10-4-9-20(12-21)27-16-23-24-25-27/h2-13,16H,14-15H2,1H3. The first-order valence-electron chi connectivity index (χ1n) is 9.31. The second-order valence-corrected chi connectivity index (χ2v) is 8.75. The predicted octanol–water partition coefficient (Wildman–Crippen LogP) is 2.76. The Morgan fingerprint density at radius 1 is 1.00 bits per heavy atom. The van der Waals surface area contributed by atoms with E-state index in [0.29, 0.717) is 5.69 Å². The summed E-state index contributed by atoms with van der Waals surface area (Å²) in [5, 5.41) is 11.1. The molecule has 30 heavy (non-hydrogen) atoms. The zero-order valence-electron chi connectivity index (χ0n) is 16.3. The molecule has 2 aromatic heterocycles. The van der Waals surface area contributed by atoms with Crippen LogP contribution >= 0.6 is 0 Å². The van der Waals surface area contributed by atoms with Gasteiger partial charge in [-0.2, -0.15) is 4.31 Å². The van der Waals surface area contributed by atoms with Gasteiger partial charge in [0.2, 0.25) is 10.0 Å². The lowest BCUT2D eigenvalue weighted by atomic mass is 10.1. The molecule has 2 aromatic carbocycles. The van der Waals surface area contributed by atoms with Crippen molar-refractivity contribution < 1.29 is 8.42 Å². The van der Waals surface area contributed by atoms with Gasteiger partial charge in [-0.25, -0.2) is 13.1 Å². The Morgan fingerprint density at radius 2 is 1.87 bits per heavy atom. The first kappa shape index (κ1) is 19.9. The first-order chi connectivity index (χ1) is 14.5. The van der Waals surface area contributed by atoms with Crippen molar-refractivity contribution in [3.05, 3.63) is 96.1 Å². The average Bonchev–Trinajstić information content (AvgIpc) is 3.31. The van der Waals surface area contributed by atoms with Crippen LogP contribution in [0.2, 0.25) is 0 Å². The molecule has 0 aliphatic heterocycles. The molecule has 0 fully saturated rings. The van der Waals surface area contributed by atoms with E-state index in [2.05, 4.69) is 20.5 Å². The Labute approximate surface area is 174 Å². The van der Waals surface area contributed by atoms with Crippen LogP contribution < -0.4 is 0 Å². The van der Waals surface area contributed by atoms with Crippen molar-refractivity contribution in [1.29, 1.82) is 0 Å². The van der Waals surface area contributed by atoms with Gasteiger partial charge in [-0.3, -0.25) is 4.98 Å². The molecule has 0 saturated carbocycles. The number of benzene rings is 2. The number of aryl methyl sites for hydroxylation is 1. The number of hydrogen-bond donors (Lipinski definition) is 0. The van der Waals surface area contributed by atoms with Gasteiger partial charge in [0.25, 0.3) is 0 Å². The third-order valence-electron chi connectivity index (χ3n) is 4.76. The summed E-state index contributed by atoms with van der Waals surface area (Å²) in [6, 6.07) is 18.0. The fourth-order valence-corrected chi connectivity index (χ4v) is 4.56. The molecule has 0 unspecified atom stereocenters. The predicted molar refractivity (Wildman–Crippen MR) is 111 cm³/mol. The average molecular weight is 420 g/mol. The van der Waals surface area contributed by atoms with E-state index >= 15 is 0 Å². The molecule has 4 rings (SSSR count). The van der Waals surface area contributed by atoms with Gasteiger partial charge in [-0.05, 0) is 58.3 Å². The lowest BCUT2D eigenvalue weighted by Gasteiger charge is -2.23. The summed E-state index contributed by atoms with van der Waals surface area (Å²) in [4.78, 5) is 4.29. The van der Waals surface area contributed by atoms with Gasteiger partial charge in [0.1, 0.15) is 6.33 Å². The molecule has 8 nitrogen and oxygen atoms in total. The summed E-state index contributed by atoms with van der Waals surface area (Å²) in [5.41, 5.74) is 3.36. The number of hydrogen-bond acceptors (Lipinski definition) is 6. The molecule has 2 heterocycles. The van der Waals surface area contributed by atoms with Crippen molar-refractivity contribution in [2.75, 3.05) is 0 Å². The Bertz CT molecular complexity index is 1230. The maximum absolute atomic E-state index is 13.6. The van der Waals surface area contributed by atoms with Crippen LogP contribution in [0.15, 0.2) is 84.3 Å². The smallest absolute Gasteiger partial charge is 0.243 e. The fraction of sp³-hybridized carbons (Fsp3) is 0.143. The molecule has 0 bridgehead atoms. The van der Waals surface area contributed by atoms with Crippen LogP contribution in [0.1, 0.15) is 16.7 Å². The van der Waals surface area contributed by atoms with Crippen LogP contribution in [0.4, 0.5) is 0 Å². The molecule has 9 heteroatoms. The van der Waals surface area contributed by atoms with E-state index in [9.17, 15) is 8.42 Å². The number of sulfonamides is 1. The highest BCUT2D eigenvalue weighted by molar-refractivity contribution is 7.89. The molecular formula is C21H20N6O2S. The van der Waals surface area contributed by atoms with Crippen LogP contribution in [-0.4, -0.2) is 37.9 Å². The second-order valence-electron chi connectivity index (χ2n) is 6.81. The van der Waals surface area contributed by atoms with E-state index in [4.69, 9.17) is 0 Å². The minimum Gasteiger partial charge on any atom is -0.264 e. The topological polar surface area (TPSA) is 93.9 Å².